The molecule has 24 heavy (non-hydrogen) atoms. The summed E-state index contributed by atoms with van der Waals surface area (Å²) >= 11 is 0. The molecule has 7 heteroatoms. The summed E-state index contributed by atoms with van der Waals surface area (Å²) in [5, 5.41) is 9.30. The second kappa shape index (κ2) is 7.25. The van der Waals surface area contributed by atoms with Crippen molar-refractivity contribution >= 4 is 5.97 Å². The van der Waals surface area contributed by atoms with Gasteiger partial charge in [-0.3, -0.25) is 0 Å². The number of rotatable bonds is 6. The number of alkyl halides is 3. The van der Waals surface area contributed by atoms with Crippen LogP contribution in [0, 0.1) is 0 Å². The van der Waals surface area contributed by atoms with E-state index in [-0.39, 0.29) is 17.7 Å². The third-order valence-corrected chi connectivity index (χ3v) is 3.29. The number of methoxy groups -OCH3 is 1. The van der Waals surface area contributed by atoms with Gasteiger partial charge in [-0.2, -0.15) is 13.2 Å². The van der Waals surface area contributed by atoms with E-state index in [2.05, 4.69) is 0 Å². The highest BCUT2D eigenvalue weighted by molar-refractivity contribution is 5.73. The van der Waals surface area contributed by atoms with Crippen LogP contribution in [0.4, 0.5) is 13.2 Å². The van der Waals surface area contributed by atoms with Crippen molar-refractivity contribution in [3.05, 3.63) is 59.7 Å². The topological polar surface area (TPSA) is 55.8 Å². The Kier molecular flexibility index (Phi) is 5.33. The van der Waals surface area contributed by atoms with Crippen molar-refractivity contribution in [3.63, 3.8) is 0 Å². The van der Waals surface area contributed by atoms with Crippen molar-refractivity contribution in [2.45, 2.75) is 18.7 Å². The Morgan fingerprint density at radius 1 is 1.12 bits per heavy atom. The third-order valence-electron chi connectivity index (χ3n) is 3.29. The zero-order valence-electron chi connectivity index (χ0n) is 12.7. The summed E-state index contributed by atoms with van der Waals surface area (Å²) in [4.78, 5) is 11.4. The number of hydrogen-bond donors (Lipinski definition) is 1. The number of ether oxygens (including phenoxy) is 2. The fraction of sp³-hybridized carbons (Fsp3) is 0.235. The van der Waals surface area contributed by atoms with E-state index in [1.165, 1.54) is 25.3 Å². The maximum Gasteiger partial charge on any atom is 0.416 e. The van der Waals surface area contributed by atoms with Crippen LogP contribution in [-0.2, 0) is 17.4 Å². The van der Waals surface area contributed by atoms with Crippen LogP contribution in [0.1, 0.15) is 11.1 Å². The van der Waals surface area contributed by atoms with E-state index in [4.69, 9.17) is 9.47 Å². The number of hydrogen-bond acceptors (Lipinski definition) is 3. The first-order valence-corrected chi connectivity index (χ1v) is 7.00. The van der Waals surface area contributed by atoms with Gasteiger partial charge >= 0.3 is 12.1 Å². The number of benzene rings is 2. The summed E-state index contributed by atoms with van der Waals surface area (Å²) in [6, 6.07) is 11.0. The minimum atomic E-state index is -4.49. The van der Waals surface area contributed by atoms with Crippen LogP contribution >= 0.6 is 0 Å². The van der Waals surface area contributed by atoms with Crippen molar-refractivity contribution in [1.29, 1.82) is 0 Å². The molecule has 0 bridgehead atoms. The smallest absolute Gasteiger partial charge is 0.416 e. The van der Waals surface area contributed by atoms with Gasteiger partial charge in [0.15, 0.2) is 17.6 Å². The highest BCUT2D eigenvalue weighted by atomic mass is 19.4. The molecule has 0 aliphatic rings. The number of halogens is 3. The number of para-hydroxylation sites is 2. The van der Waals surface area contributed by atoms with E-state index in [0.29, 0.717) is 5.75 Å². The van der Waals surface area contributed by atoms with E-state index in [0.717, 1.165) is 12.1 Å². The standard InChI is InChI=1S/C17H15F3O4/c1-23-13-7-2-3-8-14(13)24-15(16(21)22)10-11-5-4-6-12(9-11)17(18,19)20/h2-9,15H,10H2,1H3,(H,21,22)/t15-/m0/s1. The lowest BCUT2D eigenvalue weighted by Crippen LogP contribution is -2.29. The summed E-state index contributed by atoms with van der Waals surface area (Å²) in [5.74, 6) is -0.731. The summed E-state index contributed by atoms with van der Waals surface area (Å²) in [7, 11) is 1.41. The van der Waals surface area contributed by atoms with Crippen LogP contribution in [0.2, 0.25) is 0 Å². The third kappa shape index (κ3) is 4.41. The molecule has 128 valence electrons. The number of aliphatic carboxylic acids is 1. The van der Waals surface area contributed by atoms with E-state index in [9.17, 15) is 23.1 Å². The van der Waals surface area contributed by atoms with E-state index in [1.807, 2.05) is 0 Å². The van der Waals surface area contributed by atoms with Crippen LogP contribution in [0.3, 0.4) is 0 Å². The fourth-order valence-corrected chi connectivity index (χ4v) is 2.14. The zero-order valence-corrected chi connectivity index (χ0v) is 12.7. The molecule has 1 atom stereocenters. The van der Waals surface area contributed by atoms with Crippen LogP contribution in [0.25, 0.3) is 0 Å². The highest BCUT2D eigenvalue weighted by Gasteiger charge is 2.31. The quantitative estimate of drug-likeness (QED) is 0.869. The average molecular weight is 340 g/mol. The number of carboxylic acid groups (broad SMARTS) is 1. The molecule has 2 rings (SSSR count). The van der Waals surface area contributed by atoms with Crippen LogP contribution in [0.5, 0.6) is 11.5 Å². The normalized spacial score (nSPS) is 12.5. The lowest BCUT2D eigenvalue weighted by molar-refractivity contribution is -0.145. The predicted octanol–water partition coefficient (Wildman–Crippen LogP) is 3.79. The van der Waals surface area contributed by atoms with Crippen molar-refractivity contribution in [1.82, 2.24) is 0 Å². The molecule has 0 heterocycles. The Hall–Kier alpha value is -2.70. The molecule has 0 aliphatic carbocycles. The molecule has 0 radical (unpaired) electrons. The molecule has 0 amide bonds. The average Bonchev–Trinajstić information content (AvgIpc) is 2.54. The van der Waals surface area contributed by atoms with Crippen molar-refractivity contribution in [2.24, 2.45) is 0 Å². The Morgan fingerprint density at radius 2 is 1.79 bits per heavy atom. The largest absolute Gasteiger partial charge is 0.493 e. The van der Waals surface area contributed by atoms with E-state index < -0.39 is 23.8 Å². The molecule has 0 spiro atoms. The molecule has 1 N–H and O–H groups in total. The molecule has 0 fully saturated rings. The van der Waals surface area contributed by atoms with Gasteiger partial charge in [-0.1, -0.05) is 30.3 Å². The Morgan fingerprint density at radius 3 is 2.38 bits per heavy atom. The van der Waals surface area contributed by atoms with Crippen molar-refractivity contribution in [3.8, 4) is 11.5 Å². The van der Waals surface area contributed by atoms with Gasteiger partial charge in [-0.25, -0.2) is 4.79 Å². The summed E-state index contributed by atoms with van der Waals surface area (Å²) in [6.45, 7) is 0. The number of carbonyl (C=O) groups is 1. The second-order valence-electron chi connectivity index (χ2n) is 5.00. The first-order valence-electron chi connectivity index (χ1n) is 7.00. The first kappa shape index (κ1) is 17.7. The van der Waals surface area contributed by atoms with Crippen molar-refractivity contribution < 1.29 is 32.5 Å². The van der Waals surface area contributed by atoms with E-state index >= 15 is 0 Å². The molecule has 4 nitrogen and oxygen atoms in total. The lowest BCUT2D eigenvalue weighted by atomic mass is 10.0. The summed E-state index contributed by atoms with van der Waals surface area (Å²) in [6.07, 6.45) is -6.04. The molecule has 2 aromatic carbocycles. The molecule has 0 aromatic heterocycles. The van der Waals surface area contributed by atoms with Gasteiger partial charge in [0.2, 0.25) is 0 Å². The monoisotopic (exact) mass is 340 g/mol. The molecule has 2 aromatic rings. The Balaban J connectivity index is 2.22. The second-order valence-corrected chi connectivity index (χ2v) is 5.00. The molecule has 0 saturated heterocycles. The van der Waals surface area contributed by atoms with Gasteiger partial charge in [-0.15, -0.1) is 0 Å². The minimum Gasteiger partial charge on any atom is -0.493 e. The van der Waals surface area contributed by atoms with E-state index in [1.54, 1.807) is 18.2 Å². The van der Waals surface area contributed by atoms with Gasteiger partial charge < -0.3 is 14.6 Å². The molecule has 0 unspecified atom stereocenters. The minimum absolute atomic E-state index is 0.208. The first-order chi connectivity index (χ1) is 11.3. The maximum atomic E-state index is 12.7. The summed E-state index contributed by atoms with van der Waals surface area (Å²) < 4.78 is 48.7. The van der Waals surface area contributed by atoms with Gasteiger partial charge in [0.1, 0.15) is 0 Å². The summed E-state index contributed by atoms with van der Waals surface area (Å²) in [5.41, 5.74) is -0.617. The van der Waals surface area contributed by atoms with Crippen LogP contribution in [-0.4, -0.2) is 24.3 Å². The molecule has 0 aliphatic heterocycles. The molecule has 0 saturated carbocycles. The van der Waals surface area contributed by atoms with Crippen molar-refractivity contribution in [2.75, 3.05) is 7.11 Å². The zero-order chi connectivity index (χ0) is 17.7. The fourth-order valence-electron chi connectivity index (χ4n) is 2.14. The Labute approximate surface area is 136 Å². The number of carboxylic acids is 1. The van der Waals surface area contributed by atoms with Crippen LogP contribution in [0.15, 0.2) is 48.5 Å². The Bertz CT molecular complexity index is 713. The predicted molar refractivity (Wildman–Crippen MR) is 80.2 cm³/mol. The molecular weight excluding hydrogens is 325 g/mol. The van der Waals surface area contributed by atoms with Gasteiger partial charge in [-0.05, 0) is 23.8 Å². The maximum absolute atomic E-state index is 12.7. The van der Waals surface area contributed by atoms with Gasteiger partial charge in [0.05, 0.1) is 12.7 Å². The highest BCUT2D eigenvalue weighted by Crippen LogP contribution is 2.31. The SMILES string of the molecule is COc1ccccc1O[C@@H](Cc1cccc(C(F)(F)F)c1)C(=O)O. The lowest BCUT2D eigenvalue weighted by Gasteiger charge is -2.17. The molecular formula is C17H15F3O4. The van der Waals surface area contributed by atoms with Gasteiger partial charge in [0, 0.05) is 6.42 Å². The van der Waals surface area contributed by atoms with Crippen LogP contribution < -0.4 is 9.47 Å². The van der Waals surface area contributed by atoms with Gasteiger partial charge in [0.25, 0.3) is 0 Å².